The largest absolute Gasteiger partial charge is 0.465 e. The van der Waals surface area contributed by atoms with Crippen LogP contribution in [0.3, 0.4) is 0 Å². The van der Waals surface area contributed by atoms with Crippen molar-refractivity contribution in [1.29, 1.82) is 0 Å². The molecule has 5 heteroatoms. The van der Waals surface area contributed by atoms with Gasteiger partial charge in [-0.1, -0.05) is 34.1 Å². The van der Waals surface area contributed by atoms with E-state index >= 15 is 0 Å². The molecule has 2 rings (SSSR count). The highest BCUT2D eigenvalue weighted by molar-refractivity contribution is 9.10. The highest BCUT2D eigenvalue weighted by Gasteiger charge is 2.09. The van der Waals surface area contributed by atoms with Crippen LogP contribution in [0.5, 0.6) is 0 Å². The summed E-state index contributed by atoms with van der Waals surface area (Å²) >= 11 is 5.15. The van der Waals surface area contributed by atoms with E-state index in [2.05, 4.69) is 15.9 Å². The number of nitrogens with two attached hydrogens (primary N) is 1. The summed E-state index contributed by atoms with van der Waals surface area (Å²) in [4.78, 5) is 12.5. The van der Waals surface area contributed by atoms with Gasteiger partial charge in [0.2, 0.25) is 0 Å². The number of hydrogen-bond donors (Lipinski definition) is 1. The third kappa shape index (κ3) is 3.55. The fourth-order valence-corrected chi connectivity index (χ4v) is 3.35. The molecule has 0 aromatic heterocycles. The second-order valence-corrected chi connectivity index (χ2v) is 6.00. The van der Waals surface area contributed by atoms with E-state index in [-0.39, 0.29) is 5.97 Å². The van der Waals surface area contributed by atoms with Gasteiger partial charge in [-0.3, -0.25) is 0 Å². The number of rotatable bonds is 4. The molecule has 2 N–H and O–H groups in total. The lowest BCUT2D eigenvalue weighted by atomic mass is 10.1. The molecular formula is C15H14BrNO2S. The number of esters is 1. The second-order valence-electron chi connectivity index (χ2n) is 4.12. The van der Waals surface area contributed by atoms with E-state index in [1.54, 1.807) is 23.9 Å². The van der Waals surface area contributed by atoms with Crippen molar-refractivity contribution in [3.05, 3.63) is 58.1 Å². The summed E-state index contributed by atoms with van der Waals surface area (Å²) in [7, 11) is 1.37. The molecule has 0 bridgehead atoms. The van der Waals surface area contributed by atoms with Crippen LogP contribution in [0.2, 0.25) is 0 Å². The van der Waals surface area contributed by atoms with Crippen LogP contribution in [0.25, 0.3) is 0 Å². The Hall–Kier alpha value is -1.46. The summed E-state index contributed by atoms with van der Waals surface area (Å²) in [6.07, 6.45) is 0. The summed E-state index contributed by atoms with van der Waals surface area (Å²) in [5, 5.41) is 0. The van der Waals surface area contributed by atoms with Crippen LogP contribution in [0.15, 0.2) is 51.8 Å². The second kappa shape index (κ2) is 6.81. The van der Waals surface area contributed by atoms with E-state index in [4.69, 9.17) is 10.5 Å². The van der Waals surface area contributed by atoms with Gasteiger partial charge in [0, 0.05) is 20.8 Å². The van der Waals surface area contributed by atoms with Crippen molar-refractivity contribution in [2.75, 3.05) is 12.8 Å². The van der Waals surface area contributed by atoms with Gasteiger partial charge in [0.25, 0.3) is 0 Å². The van der Waals surface area contributed by atoms with Gasteiger partial charge in [0.15, 0.2) is 0 Å². The fourth-order valence-electron chi connectivity index (χ4n) is 1.68. The Kier molecular flexibility index (Phi) is 5.09. The van der Waals surface area contributed by atoms with E-state index in [9.17, 15) is 4.79 Å². The zero-order valence-electron chi connectivity index (χ0n) is 10.9. The highest BCUT2D eigenvalue weighted by atomic mass is 79.9. The molecule has 3 nitrogen and oxygen atoms in total. The van der Waals surface area contributed by atoms with Crippen LogP contribution in [0.1, 0.15) is 15.9 Å². The Morgan fingerprint density at radius 3 is 2.70 bits per heavy atom. The number of nitrogen functional groups attached to an aromatic ring is 1. The van der Waals surface area contributed by atoms with Crippen molar-refractivity contribution in [2.24, 2.45) is 0 Å². The maximum atomic E-state index is 11.4. The maximum Gasteiger partial charge on any atom is 0.337 e. The molecule has 0 unspecified atom stereocenters. The van der Waals surface area contributed by atoms with Gasteiger partial charge < -0.3 is 10.5 Å². The van der Waals surface area contributed by atoms with Crippen LogP contribution >= 0.6 is 27.7 Å². The van der Waals surface area contributed by atoms with Crippen LogP contribution in [-0.4, -0.2) is 13.1 Å². The zero-order chi connectivity index (χ0) is 14.5. The topological polar surface area (TPSA) is 52.3 Å². The van der Waals surface area contributed by atoms with E-state index in [0.29, 0.717) is 5.56 Å². The lowest BCUT2D eigenvalue weighted by Crippen LogP contribution is -2.01. The van der Waals surface area contributed by atoms with E-state index in [1.807, 2.05) is 30.3 Å². The molecular weight excluding hydrogens is 338 g/mol. The summed E-state index contributed by atoms with van der Waals surface area (Å²) in [6, 6.07) is 13.2. The van der Waals surface area contributed by atoms with Crippen LogP contribution < -0.4 is 5.73 Å². The molecule has 0 aliphatic rings. The smallest absolute Gasteiger partial charge is 0.337 e. The average Bonchev–Trinajstić information content (AvgIpc) is 2.46. The molecule has 0 aliphatic carbocycles. The third-order valence-electron chi connectivity index (χ3n) is 2.78. The molecule has 0 amide bonds. The van der Waals surface area contributed by atoms with Crippen molar-refractivity contribution in [3.63, 3.8) is 0 Å². The van der Waals surface area contributed by atoms with Crippen molar-refractivity contribution in [1.82, 2.24) is 0 Å². The molecule has 2 aromatic rings. The number of para-hydroxylation sites is 1. The fraction of sp³-hybridized carbons (Fsp3) is 0.133. The van der Waals surface area contributed by atoms with Gasteiger partial charge in [-0.25, -0.2) is 4.79 Å². The number of hydrogen-bond acceptors (Lipinski definition) is 4. The Morgan fingerprint density at radius 1 is 1.30 bits per heavy atom. The van der Waals surface area contributed by atoms with Gasteiger partial charge in [-0.2, -0.15) is 0 Å². The highest BCUT2D eigenvalue weighted by Crippen LogP contribution is 2.30. The number of carbonyl (C=O) groups excluding carboxylic acids is 1. The molecule has 0 saturated heterocycles. The molecule has 0 spiro atoms. The number of carbonyl (C=O) groups is 1. The SMILES string of the molecule is COC(=O)c1ccc(CSc2ccccc2N)c(Br)c1. The molecule has 20 heavy (non-hydrogen) atoms. The first-order valence-corrected chi connectivity index (χ1v) is 7.73. The minimum absolute atomic E-state index is 0.336. The Morgan fingerprint density at radius 2 is 2.05 bits per heavy atom. The van der Waals surface area contributed by atoms with E-state index < -0.39 is 0 Å². The number of methoxy groups -OCH3 is 1. The van der Waals surface area contributed by atoms with Crippen molar-refractivity contribution >= 4 is 39.3 Å². The minimum atomic E-state index is -0.336. The number of benzene rings is 2. The Labute approximate surface area is 130 Å². The molecule has 0 fully saturated rings. The lowest BCUT2D eigenvalue weighted by molar-refractivity contribution is 0.0600. The maximum absolute atomic E-state index is 11.4. The number of ether oxygens (including phenoxy) is 1. The van der Waals surface area contributed by atoms with Crippen molar-refractivity contribution in [2.45, 2.75) is 10.6 Å². The van der Waals surface area contributed by atoms with Gasteiger partial charge in [0.05, 0.1) is 12.7 Å². The predicted octanol–water partition coefficient (Wildman–Crippen LogP) is 4.11. The standard InChI is InChI=1S/C15H14BrNO2S/c1-19-15(18)10-6-7-11(12(16)8-10)9-20-14-5-3-2-4-13(14)17/h2-8H,9,17H2,1H3. The monoisotopic (exact) mass is 351 g/mol. The third-order valence-corrected chi connectivity index (χ3v) is 4.65. The quantitative estimate of drug-likeness (QED) is 0.511. The van der Waals surface area contributed by atoms with Crippen LogP contribution in [0, 0.1) is 0 Å². The van der Waals surface area contributed by atoms with Gasteiger partial charge in [-0.05, 0) is 29.8 Å². The Bertz CT molecular complexity index is 631. The molecule has 0 atom stereocenters. The van der Waals surface area contributed by atoms with Gasteiger partial charge in [-0.15, -0.1) is 11.8 Å². The molecule has 0 heterocycles. The molecule has 104 valence electrons. The molecule has 0 aliphatic heterocycles. The average molecular weight is 352 g/mol. The first kappa shape index (κ1) is 14.9. The Balaban J connectivity index is 2.11. The van der Waals surface area contributed by atoms with Gasteiger partial charge in [0.1, 0.15) is 0 Å². The van der Waals surface area contributed by atoms with Crippen molar-refractivity contribution < 1.29 is 9.53 Å². The number of anilines is 1. The van der Waals surface area contributed by atoms with Gasteiger partial charge >= 0.3 is 5.97 Å². The summed E-state index contributed by atoms with van der Waals surface area (Å²) in [5.74, 6) is 0.438. The van der Waals surface area contributed by atoms with E-state index in [1.165, 1.54) is 7.11 Å². The number of thioether (sulfide) groups is 1. The summed E-state index contributed by atoms with van der Waals surface area (Å²) < 4.78 is 5.59. The van der Waals surface area contributed by atoms with Crippen LogP contribution in [-0.2, 0) is 10.5 Å². The number of halogens is 1. The lowest BCUT2D eigenvalue weighted by Gasteiger charge is -2.08. The molecule has 0 saturated carbocycles. The zero-order valence-corrected chi connectivity index (χ0v) is 13.3. The predicted molar refractivity (Wildman–Crippen MR) is 85.9 cm³/mol. The van der Waals surface area contributed by atoms with Crippen molar-refractivity contribution in [3.8, 4) is 0 Å². The summed E-state index contributed by atoms with van der Waals surface area (Å²) in [6.45, 7) is 0. The first-order valence-electron chi connectivity index (χ1n) is 5.96. The minimum Gasteiger partial charge on any atom is -0.465 e. The van der Waals surface area contributed by atoms with E-state index in [0.717, 1.165) is 26.4 Å². The first-order chi connectivity index (χ1) is 9.61. The molecule has 2 aromatic carbocycles. The normalized spacial score (nSPS) is 10.3. The molecule has 0 radical (unpaired) electrons. The summed E-state index contributed by atoms with van der Waals surface area (Å²) in [5.41, 5.74) is 8.33. The van der Waals surface area contributed by atoms with Crippen LogP contribution in [0.4, 0.5) is 5.69 Å².